The van der Waals surface area contributed by atoms with E-state index < -0.39 is 27.7 Å². The zero-order valence-electron chi connectivity index (χ0n) is 11.4. The van der Waals surface area contributed by atoms with Crippen LogP contribution in [-0.4, -0.2) is 32.0 Å². The molecule has 5 nitrogen and oxygen atoms in total. The Bertz CT molecular complexity index is 584. The summed E-state index contributed by atoms with van der Waals surface area (Å²) in [6, 6.07) is 4.09. The zero-order chi connectivity index (χ0) is 16.3. The third-order valence-electron chi connectivity index (χ3n) is 2.50. The van der Waals surface area contributed by atoms with Gasteiger partial charge in [-0.15, -0.1) is 13.2 Å². The maximum Gasteiger partial charge on any atom is 0.573 e. The molecule has 21 heavy (non-hydrogen) atoms. The van der Waals surface area contributed by atoms with E-state index in [1.807, 2.05) is 0 Å². The van der Waals surface area contributed by atoms with Crippen LogP contribution >= 0.6 is 0 Å². The van der Waals surface area contributed by atoms with Gasteiger partial charge < -0.3 is 9.84 Å². The SMILES string of the molecule is CC(C)(CCO)NS(=O)(=O)c1cccc(OC(F)(F)F)c1. The van der Waals surface area contributed by atoms with Gasteiger partial charge in [0.1, 0.15) is 5.75 Å². The van der Waals surface area contributed by atoms with Gasteiger partial charge in [0.15, 0.2) is 0 Å². The quantitative estimate of drug-likeness (QED) is 0.838. The Labute approximate surface area is 120 Å². The Morgan fingerprint density at radius 2 is 1.90 bits per heavy atom. The van der Waals surface area contributed by atoms with Crippen LogP contribution in [0.25, 0.3) is 0 Å². The monoisotopic (exact) mass is 327 g/mol. The predicted molar refractivity (Wildman–Crippen MR) is 69.2 cm³/mol. The molecule has 120 valence electrons. The van der Waals surface area contributed by atoms with Crippen molar-refractivity contribution >= 4 is 10.0 Å². The highest BCUT2D eigenvalue weighted by molar-refractivity contribution is 7.89. The molecular formula is C12H16F3NO4S. The van der Waals surface area contributed by atoms with E-state index in [9.17, 15) is 21.6 Å². The summed E-state index contributed by atoms with van der Waals surface area (Å²) in [6.07, 6.45) is -4.74. The summed E-state index contributed by atoms with van der Waals surface area (Å²) < 4.78 is 66.6. The average Bonchev–Trinajstić information content (AvgIpc) is 2.25. The molecule has 0 bridgehead atoms. The fourth-order valence-electron chi connectivity index (χ4n) is 1.59. The number of aliphatic hydroxyl groups excluding tert-OH is 1. The summed E-state index contributed by atoms with van der Waals surface area (Å²) in [5.41, 5.74) is -0.936. The minimum atomic E-state index is -4.90. The fourth-order valence-corrected chi connectivity index (χ4v) is 3.07. The van der Waals surface area contributed by atoms with Crippen LogP contribution in [0, 0.1) is 0 Å². The molecule has 0 aliphatic rings. The number of rotatable bonds is 6. The molecule has 0 radical (unpaired) electrons. The lowest BCUT2D eigenvalue weighted by atomic mass is 10.0. The van der Waals surface area contributed by atoms with Gasteiger partial charge in [-0.1, -0.05) is 6.07 Å². The maximum atomic E-state index is 12.1. The molecule has 0 saturated heterocycles. The molecule has 1 rings (SSSR count). The molecule has 0 saturated carbocycles. The minimum absolute atomic E-state index is 0.158. The van der Waals surface area contributed by atoms with Crippen LogP contribution in [0.5, 0.6) is 5.75 Å². The van der Waals surface area contributed by atoms with Crippen LogP contribution in [-0.2, 0) is 10.0 Å². The lowest BCUT2D eigenvalue weighted by molar-refractivity contribution is -0.274. The molecule has 1 aromatic carbocycles. The van der Waals surface area contributed by atoms with Crippen molar-refractivity contribution < 1.29 is 31.4 Å². The third-order valence-corrected chi connectivity index (χ3v) is 4.19. The number of sulfonamides is 1. The number of hydrogen-bond donors (Lipinski definition) is 2. The first kappa shape index (κ1) is 17.7. The lowest BCUT2D eigenvalue weighted by Crippen LogP contribution is -2.43. The van der Waals surface area contributed by atoms with E-state index in [1.54, 1.807) is 13.8 Å². The number of alkyl halides is 3. The number of aliphatic hydroxyl groups is 1. The molecule has 0 aromatic heterocycles. The van der Waals surface area contributed by atoms with Crippen LogP contribution in [0.4, 0.5) is 13.2 Å². The zero-order valence-corrected chi connectivity index (χ0v) is 12.3. The maximum absolute atomic E-state index is 12.1. The van der Waals surface area contributed by atoms with E-state index >= 15 is 0 Å². The second kappa shape index (κ2) is 6.20. The molecule has 1 aromatic rings. The van der Waals surface area contributed by atoms with Crippen LogP contribution < -0.4 is 9.46 Å². The van der Waals surface area contributed by atoms with E-state index in [0.717, 1.165) is 24.3 Å². The summed E-state index contributed by atoms with van der Waals surface area (Å²) in [5.74, 6) is -0.620. The summed E-state index contributed by atoms with van der Waals surface area (Å²) in [5, 5.41) is 8.86. The molecule has 0 fully saturated rings. The van der Waals surface area contributed by atoms with Gasteiger partial charge in [-0.25, -0.2) is 13.1 Å². The summed E-state index contributed by atoms with van der Waals surface area (Å²) >= 11 is 0. The number of hydrogen-bond acceptors (Lipinski definition) is 4. The van der Waals surface area contributed by atoms with Crippen molar-refractivity contribution in [2.24, 2.45) is 0 Å². The summed E-state index contributed by atoms with van der Waals surface area (Å²) in [6.45, 7) is 2.88. The van der Waals surface area contributed by atoms with Crippen molar-refractivity contribution in [3.05, 3.63) is 24.3 Å². The van der Waals surface area contributed by atoms with E-state index in [4.69, 9.17) is 5.11 Å². The van der Waals surface area contributed by atoms with Crippen molar-refractivity contribution in [1.29, 1.82) is 0 Å². The number of benzene rings is 1. The second-order valence-corrected chi connectivity index (χ2v) is 6.67. The van der Waals surface area contributed by atoms with Crippen LogP contribution in [0.2, 0.25) is 0 Å². The highest BCUT2D eigenvalue weighted by atomic mass is 32.2. The van der Waals surface area contributed by atoms with E-state index in [-0.39, 0.29) is 17.9 Å². The highest BCUT2D eigenvalue weighted by Gasteiger charge is 2.32. The molecule has 0 unspecified atom stereocenters. The molecule has 0 aliphatic heterocycles. The topological polar surface area (TPSA) is 75.6 Å². The Kier molecular flexibility index (Phi) is 5.24. The van der Waals surface area contributed by atoms with Crippen molar-refractivity contribution in [2.45, 2.75) is 37.1 Å². The molecule has 0 heterocycles. The van der Waals surface area contributed by atoms with Gasteiger partial charge in [0.2, 0.25) is 10.0 Å². The fraction of sp³-hybridized carbons (Fsp3) is 0.500. The number of nitrogens with one attached hydrogen (secondary N) is 1. The molecule has 0 atom stereocenters. The number of halogens is 3. The van der Waals surface area contributed by atoms with Gasteiger partial charge in [0, 0.05) is 18.2 Å². The Hall–Kier alpha value is -1.32. The third kappa shape index (κ3) is 5.90. The van der Waals surface area contributed by atoms with Gasteiger partial charge in [-0.3, -0.25) is 0 Å². The van der Waals surface area contributed by atoms with E-state index in [1.165, 1.54) is 0 Å². The van der Waals surface area contributed by atoms with Gasteiger partial charge >= 0.3 is 6.36 Å². The molecular weight excluding hydrogens is 311 g/mol. The van der Waals surface area contributed by atoms with Gasteiger partial charge in [-0.2, -0.15) is 0 Å². The van der Waals surface area contributed by atoms with Gasteiger partial charge in [-0.05, 0) is 32.4 Å². The predicted octanol–water partition coefficient (Wildman–Crippen LogP) is 2.02. The first-order chi connectivity index (χ1) is 9.45. The van der Waals surface area contributed by atoms with Crippen molar-refractivity contribution in [3.63, 3.8) is 0 Å². The van der Waals surface area contributed by atoms with Gasteiger partial charge in [0.05, 0.1) is 4.90 Å². The van der Waals surface area contributed by atoms with Gasteiger partial charge in [0.25, 0.3) is 0 Å². The molecule has 9 heteroatoms. The van der Waals surface area contributed by atoms with Crippen molar-refractivity contribution in [2.75, 3.05) is 6.61 Å². The number of ether oxygens (including phenoxy) is 1. The molecule has 0 spiro atoms. The molecule has 0 amide bonds. The Balaban J connectivity index is 3.02. The van der Waals surface area contributed by atoms with Crippen molar-refractivity contribution in [1.82, 2.24) is 4.72 Å². The molecule has 2 N–H and O–H groups in total. The Morgan fingerprint density at radius 1 is 1.29 bits per heavy atom. The van der Waals surface area contributed by atoms with Crippen LogP contribution in [0.3, 0.4) is 0 Å². The smallest absolute Gasteiger partial charge is 0.406 e. The summed E-state index contributed by atoms with van der Waals surface area (Å²) in [4.78, 5) is -0.352. The minimum Gasteiger partial charge on any atom is -0.406 e. The first-order valence-electron chi connectivity index (χ1n) is 5.96. The second-order valence-electron chi connectivity index (χ2n) is 4.99. The average molecular weight is 327 g/mol. The highest BCUT2D eigenvalue weighted by Crippen LogP contribution is 2.25. The van der Waals surface area contributed by atoms with Crippen LogP contribution in [0.15, 0.2) is 29.2 Å². The molecule has 0 aliphatic carbocycles. The first-order valence-corrected chi connectivity index (χ1v) is 7.44. The standard InChI is InChI=1S/C12H16F3NO4S/c1-11(2,6-7-17)16-21(18,19)10-5-3-4-9(8-10)20-12(13,14)15/h3-5,8,16-17H,6-7H2,1-2H3. The van der Waals surface area contributed by atoms with E-state index in [0.29, 0.717) is 0 Å². The largest absolute Gasteiger partial charge is 0.573 e. The normalized spacial score (nSPS) is 13.2. The van der Waals surface area contributed by atoms with E-state index in [2.05, 4.69) is 9.46 Å². The Morgan fingerprint density at radius 3 is 2.43 bits per heavy atom. The van der Waals surface area contributed by atoms with Crippen LogP contribution in [0.1, 0.15) is 20.3 Å². The lowest BCUT2D eigenvalue weighted by Gasteiger charge is -2.25. The summed E-state index contributed by atoms with van der Waals surface area (Å²) in [7, 11) is -4.03. The van der Waals surface area contributed by atoms with Crippen molar-refractivity contribution in [3.8, 4) is 5.75 Å².